The van der Waals surface area contributed by atoms with Gasteiger partial charge in [-0.3, -0.25) is 4.31 Å². The molecule has 2 N–H and O–H groups in total. The molecule has 2 bridgehead atoms. The fraction of sp³-hybridized carbons (Fsp3) is 0.471. The number of fused-ring (bicyclic) bond motifs is 4. The highest BCUT2D eigenvalue weighted by Crippen LogP contribution is 2.52. The van der Waals surface area contributed by atoms with E-state index in [2.05, 4.69) is 21.1 Å². The van der Waals surface area contributed by atoms with Crippen LogP contribution in [-0.2, 0) is 10.0 Å². The van der Waals surface area contributed by atoms with E-state index in [1.807, 2.05) is 19.0 Å². The lowest BCUT2D eigenvalue weighted by Gasteiger charge is -2.38. The highest BCUT2D eigenvalue weighted by Gasteiger charge is 2.50. The van der Waals surface area contributed by atoms with E-state index in [0.29, 0.717) is 37.9 Å². The number of benzene rings is 2. The number of nitrogens with one attached hydrogen (secondary N) is 1. The van der Waals surface area contributed by atoms with Gasteiger partial charge in [-0.15, -0.1) is 6.42 Å². The number of anilines is 1. The molecular formula is C34H36F2N6O4S. The van der Waals surface area contributed by atoms with Gasteiger partial charge >= 0.3 is 6.01 Å². The molecule has 8 rings (SSSR count). The van der Waals surface area contributed by atoms with Gasteiger partial charge in [-0.25, -0.2) is 17.2 Å². The summed E-state index contributed by atoms with van der Waals surface area (Å²) >= 11 is 0. The number of ether oxygens (including phenoxy) is 1. The van der Waals surface area contributed by atoms with Gasteiger partial charge in [-0.1, -0.05) is 12.0 Å². The monoisotopic (exact) mass is 662 g/mol. The molecule has 3 aromatic rings. The van der Waals surface area contributed by atoms with E-state index >= 15 is 8.78 Å². The van der Waals surface area contributed by atoms with Crippen LogP contribution in [0.25, 0.3) is 22.3 Å². The van der Waals surface area contributed by atoms with Crippen molar-refractivity contribution in [2.24, 2.45) is 5.41 Å². The number of aromatic hydroxyl groups is 1. The highest BCUT2D eigenvalue weighted by atomic mass is 32.2. The van der Waals surface area contributed by atoms with Gasteiger partial charge in [0.2, 0.25) is 0 Å². The number of sulfonamides is 1. The van der Waals surface area contributed by atoms with Crippen LogP contribution >= 0.6 is 0 Å². The number of halogens is 2. The second-order valence-electron chi connectivity index (χ2n) is 13.9. The minimum atomic E-state index is -4.46. The van der Waals surface area contributed by atoms with E-state index in [4.69, 9.17) is 16.1 Å². The Morgan fingerprint density at radius 3 is 2.49 bits per heavy atom. The average molecular weight is 663 g/mol. The maximum Gasteiger partial charge on any atom is 0.319 e. The maximum atomic E-state index is 17.4. The van der Waals surface area contributed by atoms with Crippen LogP contribution in [0.3, 0.4) is 0 Å². The van der Waals surface area contributed by atoms with E-state index < -0.39 is 33.4 Å². The summed E-state index contributed by atoms with van der Waals surface area (Å²) in [7, 11) is -0.474. The largest absolute Gasteiger partial charge is 0.508 e. The van der Waals surface area contributed by atoms with Gasteiger partial charge in [-0.2, -0.15) is 9.97 Å². The second kappa shape index (κ2) is 10.8. The Balaban J connectivity index is 1.36. The molecule has 2 aromatic carbocycles. The minimum absolute atomic E-state index is 0.0307. The van der Waals surface area contributed by atoms with Crippen molar-refractivity contribution in [1.82, 2.24) is 24.5 Å². The smallest absolute Gasteiger partial charge is 0.319 e. The molecule has 0 spiro atoms. The fourth-order valence-corrected chi connectivity index (χ4v) is 9.58. The molecule has 47 heavy (non-hydrogen) atoms. The summed E-state index contributed by atoms with van der Waals surface area (Å²) in [6, 6.07) is 4.87. The summed E-state index contributed by atoms with van der Waals surface area (Å²) in [5.41, 5.74) is -1.00. The summed E-state index contributed by atoms with van der Waals surface area (Å²) in [5.74, 6) is 0.572. The van der Waals surface area contributed by atoms with Crippen molar-refractivity contribution >= 4 is 38.1 Å². The van der Waals surface area contributed by atoms with Gasteiger partial charge in [0.15, 0.2) is 16.5 Å². The Bertz CT molecular complexity index is 1990. The first-order valence-electron chi connectivity index (χ1n) is 16.1. The summed E-state index contributed by atoms with van der Waals surface area (Å²) in [6.07, 6.45) is 10.6. The lowest BCUT2D eigenvalue weighted by Crippen LogP contribution is -2.52. The Hall–Kier alpha value is -3.99. The maximum absolute atomic E-state index is 17.4. The Morgan fingerprint density at radius 1 is 1.13 bits per heavy atom. The molecular weight excluding hydrogens is 626 g/mol. The molecule has 0 radical (unpaired) electrons. The van der Waals surface area contributed by atoms with Crippen LogP contribution in [-0.4, -0.2) is 91.2 Å². The van der Waals surface area contributed by atoms with Gasteiger partial charge in [0.1, 0.15) is 17.3 Å². The van der Waals surface area contributed by atoms with Crippen molar-refractivity contribution in [3.8, 4) is 24.1 Å². The van der Waals surface area contributed by atoms with Gasteiger partial charge in [0, 0.05) is 54.1 Å². The normalized spacial score (nSPS) is 24.1. The zero-order chi connectivity index (χ0) is 32.8. The topological polar surface area (TPSA) is 111 Å². The molecule has 1 aromatic heterocycles. The van der Waals surface area contributed by atoms with Crippen LogP contribution in [0.5, 0.6) is 11.8 Å². The van der Waals surface area contributed by atoms with E-state index in [1.165, 1.54) is 24.3 Å². The zero-order valence-corrected chi connectivity index (χ0v) is 27.1. The number of hydrogen-bond acceptors (Lipinski definition) is 9. The Labute approximate surface area is 272 Å². The first kappa shape index (κ1) is 30.4. The summed E-state index contributed by atoms with van der Waals surface area (Å²) in [5, 5.41) is 14.8. The van der Waals surface area contributed by atoms with Crippen molar-refractivity contribution in [3.05, 3.63) is 46.9 Å². The van der Waals surface area contributed by atoms with E-state index in [-0.39, 0.29) is 62.2 Å². The third-order valence-electron chi connectivity index (χ3n) is 9.94. The number of aromatic nitrogens is 2. The van der Waals surface area contributed by atoms with Crippen molar-refractivity contribution in [1.29, 1.82) is 0 Å². The van der Waals surface area contributed by atoms with Crippen LogP contribution < -0.4 is 15.0 Å². The molecule has 0 amide bonds. The third-order valence-corrected chi connectivity index (χ3v) is 11.8. The number of nitrogens with zero attached hydrogens (tertiary/aromatic N) is 5. The molecule has 4 heterocycles. The SMILES string of the molecule is C#Cc1c(F)ccc2cc(O)cc(C3=C(F)c4nc(OCC5(CN(C)C)CC5)nc(N5CC6CCC(C5)N6)c4S(=O)(=O)N3C3CC3)c12. The summed E-state index contributed by atoms with van der Waals surface area (Å²) in [6.45, 7) is 2.11. The predicted octanol–water partition coefficient (Wildman–Crippen LogP) is 4.08. The molecule has 2 aliphatic carbocycles. The molecule has 4 fully saturated rings. The fourth-order valence-electron chi connectivity index (χ4n) is 7.57. The van der Waals surface area contributed by atoms with Crippen LogP contribution in [0.2, 0.25) is 0 Å². The summed E-state index contributed by atoms with van der Waals surface area (Å²) in [4.78, 5) is 12.9. The number of terminal acetylenes is 1. The third kappa shape index (κ3) is 5.08. The minimum Gasteiger partial charge on any atom is -0.508 e. The Kier molecular flexibility index (Phi) is 6.95. The molecule has 3 aliphatic heterocycles. The lowest BCUT2D eigenvalue weighted by molar-refractivity contribution is 0.182. The van der Waals surface area contributed by atoms with Crippen molar-refractivity contribution < 1.29 is 27.0 Å². The van der Waals surface area contributed by atoms with E-state index in [1.54, 1.807) is 0 Å². The standard InChI is InChI=1S/C34H36F2N6O4S/c1-4-24-26(35)10-5-19-13-23(43)14-25(27(19)24)30-28(36)29-31(47(44,45)42(30)22-8-9-22)32(41-15-20-6-7-21(16-41)37-20)39-33(38-29)46-18-34(11-12-34)17-40(2)3/h1,5,10,13-14,20-22,37,43H,6-9,11-12,15-18H2,2-3H3. The molecule has 2 saturated carbocycles. The van der Waals surface area contributed by atoms with E-state index in [0.717, 1.165) is 36.5 Å². The van der Waals surface area contributed by atoms with Crippen molar-refractivity contribution in [3.63, 3.8) is 0 Å². The van der Waals surface area contributed by atoms with Crippen LogP contribution in [0.1, 0.15) is 55.3 Å². The van der Waals surface area contributed by atoms with Gasteiger partial charge < -0.3 is 25.0 Å². The molecule has 13 heteroatoms. The lowest BCUT2D eigenvalue weighted by atomic mass is 9.95. The van der Waals surface area contributed by atoms with Gasteiger partial charge in [0.05, 0.1) is 17.9 Å². The number of phenols is 1. The predicted molar refractivity (Wildman–Crippen MR) is 173 cm³/mol. The molecule has 246 valence electrons. The van der Waals surface area contributed by atoms with Crippen LogP contribution in [0, 0.1) is 23.6 Å². The quantitative estimate of drug-likeness (QED) is 0.345. The van der Waals surface area contributed by atoms with Crippen LogP contribution in [0.15, 0.2) is 29.2 Å². The zero-order valence-electron chi connectivity index (χ0n) is 26.3. The summed E-state index contributed by atoms with van der Waals surface area (Å²) < 4.78 is 69.4. The van der Waals surface area contributed by atoms with Crippen molar-refractivity contribution in [2.45, 2.75) is 61.5 Å². The second-order valence-corrected chi connectivity index (χ2v) is 15.7. The molecule has 2 unspecified atom stereocenters. The number of rotatable bonds is 8. The highest BCUT2D eigenvalue weighted by molar-refractivity contribution is 7.89. The Morgan fingerprint density at radius 2 is 1.85 bits per heavy atom. The van der Waals surface area contributed by atoms with Crippen LogP contribution in [0.4, 0.5) is 14.6 Å². The average Bonchev–Trinajstić information content (AvgIpc) is 3.97. The van der Waals surface area contributed by atoms with Gasteiger partial charge in [0.25, 0.3) is 10.0 Å². The number of piperazine rings is 1. The molecule has 10 nitrogen and oxygen atoms in total. The van der Waals surface area contributed by atoms with E-state index in [9.17, 15) is 13.5 Å². The first-order chi connectivity index (χ1) is 22.5. The molecule has 5 aliphatic rings. The molecule has 2 atom stereocenters. The molecule has 2 saturated heterocycles. The van der Waals surface area contributed by atoms with Crippen molar-refractivity contribution in [2.75, 3.05) is 45.2 Å². The first-order valence-corrected chi connectivity index (χ1v) is 17.5. The number of phenolic OH excluding ortho intramolecular Hbond substituents is 1. The number of hydrogen-bond donors (Lipinski definition) is 2. The van der Waals surface area contributed by atoms with Gasteiger partial charge in [-0.05, 0) is 76.2 Å².